The van der Waals surface area contributed by atoms with E-state index in [2.05, 4.69) is 4.98 Å². The smallest absolute Gasteiger partial charge is 0.249 e. The number of likely N-dealkylation sites (tertiary alicyclic amines) is 1. The van der Waals surface area contributed by atoms with Crippen LogP contribution in [-0.2, 0) is 4.79 Å². The molecule has 128 valence electrons. The molecular weight excluding hydrogens is 316 g/mol. The Hall–Kier alpha value is -2.23. The van der Waals surface area contributed by atoms with Crippen molar-refractivity contribution in [2.24, 2.45) is 11.8 Å². The minimum absolute atomic E-state index is 0.149. The number of rotatable bonds is 4. The highest BCUT2D eigenvalue weighted by Crippen LogP contribution is 2.43. The summed E-state index contributed by atoms with van der Waals surface area (Å²) in [5.74, 6) is -2.83. The van der Waals surface area contributed by atoms with E-state index in [0.717, 1.165) is 12.8 Å². The standard InChI is InChI=1S/C17H19F2N3O2/c18-17(19)7-14(8-17)16(23)22-5-1-2-13(10-22)11-24-15-6-12(9-20)3-4-21-15/h3-4,6,13-14H,1-2,5,7-8,10-11H2. The summed E-state index contributed by atoms with van der Waals surface area (Å²) in [6.45, 7) is 1.55. The number of nitrogens with zero attached hydrogens (tertiary/aromatic N) is 3. The number of hydrogen-bond acceptors (Lipinski definition) is 4. The van der Waals surface area contributed by atoms with Crippen LogP contribution >= 0.6 is 0 Å². The minimum Gasteiger partial charge on any atom is -0.477 e. The van der Waals surface area contributed by atoms with Crippen molar-refractivity contribution in [3.05, 3.63) is 23.9 Å². The van der Waals surface area contributed by atoms with Gasteiger partial charge in [0.2, 0.25) is 17.7 Å². The highest BCUT2D eigenvalue weighted by atomic mass is 19.3. The predicted octanol–water partition coefficient (Wildman–Crippen LogP) is 2.62. The minimum atomic E-state index is -2.67. The molecule has 2 heterocycles. The van der Waals surface area contributed by atoms with Crippen LogP contribution in [0.2, 0.25) is 0 Å². The van der Waals surface area contributed by atoms with E-state index in [4.69, 9.17) is 10.00 Å². The van der Waals surface area contributed by atoms with E-state index in [1.807, 2.05) is 6.07 Å². The maximum Gasteiger partial charge on any atom is 0.249 e. The van der Waals surface area contributed by atoms with Gasteiger partial charge in [0.25, 0.3) is 0 Å². The van der Waals surface area contributed by atoms with Gasteiger partial charge in [0.15, 0.2) is 0 Å². The molecule has 1 aliphatic carbocycles. The maximum atomic E-state index is 12.9. The molecule has 5 nitrogen and oxygen atoms in total. The highest BCUT2D eigenvalue weighted by molar-refractivity contribution is 5.80. The van der Waals surface area contributed by atoms with Crippen molar-refractivity contribution in [1.82, 2.24) is 9.88 Å². The summed E-state index contributed by atoms with van der Waals surface area (Å²) in [5.41, 5.74) is 0.478. The molecule has 1 aliphatic heterocycles. The quantitative estimate of drug-likeness (QED) is 0.848. The molecule has 1 unspecified atom stereocenters. The molecule has 0 N–H and O–H groups in total. The van der Waals surface area contributed by atoms with Crippen LogP contribution in [0.4, 0.5) is 8.78 Å². The monoisotopic (exact) mass is 335 g/mol. The molecule has 24 heavy (non-hydrogen) atoms. The third-order valence-corrected chi connectivity index (χ3v) is 4.60. The van der Waals surface area contributed by atoms with E-state index in [0.29, 0.717) is 31.1 Å². The molecule has 0 spiro atoms. The third-order valence-electron chi connectivity index (χ3n) is 4.60. The van der Waals surface area contributed by atoms with E-state index in [9.17, 15) is 13.6 Å². The lowest BCUT2D eigenvalue weighted by Gasteiger charge is -2.40. The van der Waals surface area contributed by atoms with E-state index in [-0.39, 0.29) is 24.7 Å². The summed E-state index contributed by atoms with van der Waals surface area (Å²) in [7, 11) is 0. The second kappa shape index (κ2) is 6.71. The molecule has 3 rings (SSSR count). The molecule has 1 saturated heterocycles. The van der Waals surface area contributed by atoms with E-state index < -0.39 is 11.8 Å². The number of piperidine rings is 1. The first-order valence-electron chi connectivity index (χ1n) is 8.12. The molecule has 0 aromatic carbocycles. The Morgan fingerprint density at radius 1 is 1.50 bits per heavy atom. The van der Waals surface area contributed by atoms with Gasteiger partial charge in [0.1, 0.15) is 0 Å². The highest BCUT2D eigenvalue weighted by Gasteiger charge is 2.50. The van der Waals surface area contributed by atoms with Gasteiger partial charge >= 0.3 is 0 Å². The first kappa shape index (κ1) is 16.6. The number of nitriles is 1. The van der Waals surface area contributed by atoms with Crippen LogP contribution in [0, 0.1) is 23.2 Å². The summed E-state index contributed by atoms with van der Waals surface area (Å²) in [4.78, 5) is 18.0. The fourth-order valence-electron chi connectivity index (χ4n) is 3.26. The number of aromatic nitrogens is 1. The Labute approximate surface area is 139 Å². The van der Waals surface area contributed by atoms with Crippen LogP contribution in [0.5, 0.6) is 5.88 Å². The number of carbonyl (C=O) groups excluding carboxylic acids is 1. The fraction of sp³-hybridized carbons (Fsp3) is 0.588. The van der Waals surface area contributed by atoms with Gasteiger partial charge in [-0.05, 0) is 18.9 Å². The zero-order chi connectivity index (χ0) is 17.2. The van der Waals surface area contributed by atoms with Gasteiger partial charge in [-0.2, -0.15) is 5.26 Å². The molecule has 0 radical (unpaired) electrons. The summed E-state index contributed by atoms with van der Waals surface area (Å²) in [6.07, 6.45) is 2.63. The summed E-state index contributed by atoms with van der Waals surface area (Å²) < 4.78 is 31.5. The molecule has 1 atom stereocenters. The van der Waals surface area contributed by atoms with Crippen molar-refractivity contribution in [2.75, 3.05) is 19.7 Å². The van der Waals surface area contributed by atoms with Gasteiger partial charge in [-0.1, -0.05) is 0 Å². The van der Waals surface area contributed by atoms with Crippen LogP contribution in [-0.4, -0.2) is 41.4 Å². The number of carbonyl (C=O) groups is 1. The van der Waals surface area contributed by atoms with Crippen molar-refractivity contribution in [3.63, 3.8) is 0 Å². The lowest BCUT2D eigenvalue weighted by atomic mass is 9.80. The van der Waals surface area contributed by atoms with Crippen molar-refractivity contribution in [3.8, 4) is 11.9 Å². The Morgan fingerprint density at radius 3 is 3.00 bits per heavy atom. The molecule has 2 aliphatic rings. The van der Waals surface area contributed by atoms with Crippen LogP contribution in [0.25, 0.3) is 0 Å². The summed E-state index contributed by atoms with van der Waals surface area (Å²) in [6, 6.07) is 5.20. The molecular formula is C17H19F2N3O2. The number of ether oxygens (including phenoxy) is 1. The van der Waals surface area contributed by atoms with Gasteiger partial charge in [-0.15, -0.1) is 0 Å². The first-order chi connectivity index (χ1) is 11.5. The number of amides is 1. The Balaban J connectivity index is 1.50. The molecule has 1 aromatic rings. The molecule has 0 bridgehead atoms. The second-order valence-electron chi connectivity index (χ2n) is 6.56. The summed E-state index contributed by atoms with van der Waals surface area (Å²) in [5, 5.41) is 8.86. The number of pyridine rings is 1. The average molecular weight is 335 g/mol. The summed E-state index contributed by atoms with van der Waals surface area (Å²) >= 11 is 0. The molecule has 1 aromatic heterocycles. The molecule has 2 fully saturated rings. The van der Waals surface area contributed by atoms with Gasteiger partial charge in [0, 0.05) is 50.0 Å². The van der Waals surface area contributed by atoms with E-state index in [1.165, 1.54) is 6.20 Å². The largest absolute Gasteiger partial charge is 0.477 e. The van der Waals surface area contributed by atoms with Crippen LogP contribution < -0.4 is 4.74 Å². The van der Waals surface area contributed by atoms with Gasteiger partial charge in [-0.3, -0.25) is 4.79 Å². The number of hydrogen-bond donors (Lipinski definition) is 0. The van der Waals surface area contributed by atoms with Crippen molar-refractivity contribution < 1.29 is 18.3 Å². The Kier molecular flexibility index (Phi) is 4.65. The first-order valence-corrected chi connectivity index (χ1v) is 8.12. The van der Waals surface area contributed by atoms with Crippen LogP contribution in [0.3, 0.4) is 0 Å². The molecule has 7 heteroatoms. The van der Waals surface area contributed by atoms with E-state index in [1.54, 1.807) is 17.0 Å². The second-order valence-corrected chi connectivity index (χ2v) is 6.56. The van der Waals surface area contributed by atoms with Crippen LogP contribution in [0.1, 0.15) is 31.2 Å². The lowest BCUT2D eigenvalue weighted by molar-refractivity contribution is -0.161. The average Bonchev–Trinajstić information content (AvgIpc) is 2.57. The Bertz CT molecular complexity index is 651. The lowest BCUT2D eigenvalue weighted by Crippen LogP contribution is -2.50. The molecule has 1 saturated carbocycles. The predicted molar refractivity (Wildman–Crippen MR) is 81.4 cm³/mol. The van der Waals surface area contributed by atoms with Crippen molar-refractivity contribution >= 4 is 5.91 Å². The Morgan fingerprint density at radius 2 is 2.29 bits per heavy atom. The van der Waals surface area contributed by atoms with Gasteiger partial charge < -0.3 is 9.64 Å². The fourth-order valence-corrected chi connectivity index (χ4v) is 3.26. The van der Waals surface area contributed by atoms with E-state index >= 15 is 0 Å². The van der Waals surface area contributed by atoms with Crippen LogP contribution in [0.15, 0.2) is 18.3 Å². The van der Waals surface area contributed by atoms with Crippen molar-refractivity contribution in [1.29, 1.82) is 5.26 Å². The number of alkyl halides is 2. The SMILES string of the molecule is N#Cc1ccnc(OCC2CCCN(C(=O)C3CC(F)(F)C3)C2)c1. The van der Waals surface area contributed by atoms with Crippen molar-refractivity contribution in [2.45, 2.75) is 31.6 Å². The maximum absolute atomic E-state index is 12.9. The zero-order valence-corrected chi connectivity index (χ0v) is 13.3. The normalized spacial score (nSPS) is 23.2. The number of halogens is 2. The van der Waals surface area contributed by atoms with Gasteiger partial charge in [-0.25, -0.2) is 13.8 Å². The van der Waals surface area contributed by atoms with Gasteiger partial charge in [0.05, 0.1) is 18.2 Å². The topological polar surface area (TPSA) is 66.2 Å². The zero-order valence-electron chi connectivity index (χ0n) is 13.3. The third kappa shape index (κ3) is 3.81. The molecule has 1 amide bonds.